The Morgan fingerprint density at radius 2 is 1.73 bits per heavy atom. The van der Waals surface area contributed by atoms with Gasteiger partial charge in [-0.15, -0.1) is 0 Å². The van der Waals surface area contributed by atoms with Crippen molar-refractivity contribution in [2.45, 2.75) is 31.8 Å². The average Bonchev–Trinajstić information content (AvgIpc) is 3.28. The number of aryl methyl sites for hydroxylation is 2. The minimum Gasteiger partial charge on any atom is -0.490 e. The van der Waals surface area contributed by atoms with Gasteiger partial charge >= 0.3 is 0 Å². The van der Waals surface area contributed by atoms with Crippen molar-refractivity contribution in [2.24, 2.45) is 0 Å². The zero-order valence-electron chi connectivity index (χ0n) is 16.9. The third-order valence-corrected chi connectivity index (χ3v) is 5.60. The van der Waals surface area contributed by atoms with Crippen molar-refractivity contribution < 1.29 is 9.26 Å². The van der Waals surface area contributed by atoms with Crippen molar-refractivity contribution in [3.8, 4) is 17.2 Å². The topological polar surface area (TPSA) is 60.2 Å². The molecule has 0 radical (unpaired) electrons. The van der Waals surface area contributed by atoms with E-state index in [2.05, 4.69) is 57.9 Å². The molecule has 0 bridgehead atoms. The van der Waals surface area contributed by atoms with E-state index in [0.29, 0.717) is 5.89 Å². The summed E-state index contributed by atoms with van der Waals surface area (Å²) >= 11 is 0. The highest BCUT2D eigenvalue weighted by molar-refractivity contribution is 5.91. The van der Waals surface area contributed by atoms with E-state index in [0.717, 1.165) is 66.7 Å². The highest BCUT2D eigenvalue weighted by Crippen LogP contribution is 2.33. The molecule has 5 nitrogen and oxygen atoms in total. The fourth-order valence-electron chi connectivity index (χ4n) is 3.96. The molecule has 2 heterocycles. The van der Waals surface area contributed by atoms with Crippen LogP contribution in [0.15, 0.2) is 71.3 Å². The summed E-state index contributed by atoms with van der Waals surface area (Å²) in [4.78, 5) is 4.65. The van der Waals surface area contributed by atoms with Gasteiger partial charge in [0.05, 0.1) is 0 Å². The summed E-state index contributed by atoms with van der Waals surface area (Å²) in [7, 11) is 0. The summed E-state index contributed by atoms with van der Waals surface area (Å²) in [6, 6.07) is 22.8. The first kappa shape index (κ1) is 18.8. The van der Waals surface area contributed by atoms with Crippen LogP contribution in [0.5, 0.6) is 5.75 Å². The Labute approximate surface area is 176 Å². The molecular formula is C25H25N3O2. The molecule has 1 fully saturated rings. The molecule has 4 aromatic rings. The van der Waals surface area contributed by atoms with E-state index in [1.807, 2.05) is 24.3 Å². The lowest BCUT2D eigenvalue weighted by Gasteiger charge is -2.24. The normalized spacial score (nSPS) is 14.8. The van der Waals surface area contributed by atoms with Crippen LogP contribution < -0.4 is 10.1 Å². The van der Waals surface area contributed by atoms with Crippen LogP contribution in [-0.4, -0.2) is 29.3 Å². The molecule has 0 aliphatic carbocycles. The zero-order valence-corrected chi connectivity index (χ0v) is 16.9. The number of aromatic nitrogens is 2. The number of hydrogen-bond donors (Lipinski definition) is 1. The molecule has 30 heavy (non-hydrogen) atoms. The standard InChI is InChI=1S/C25H25N3O2/c1-2-6-18(7-3-1)10-11-24-27-25(30-28-24)20-16-19-8-4-5-9-22(19)23(17-20)29-21-12-14-26-15-13-21/h1-9,16-17,21,26H,10-15H2. The number of ether oxygens (including phenoxy) is 1. The Bertz CT molecular complexity index is 1120. The van der Waals surface area contributed by atoms with Crippen LogP contribution in [0, 0.1) is 0 Å². The van der Waals surface area contributed by atoms with Crippen molar-refractivity contribution in [2.75, 3.05) is 13.1 Å². The van der Waals surface area contributed by atoms with Crippen molar-refractivity contribution in [3.63, 3.8) is 0 Å². The first-order valence-corrected chi connectivity index (χ1v) is 10.6. The van der Waals surface area contributed by atoms with Crippen molar-refractivity contribution in [3.05, 3.63) is 78.1 Å². The second-order valence-corrected chi connectivity index (χ2v) is 7.76. The van der Waals surface area contributed by atoms with Gasteiger partial charge in [-0.05, 0) is 55.4 Å². The average molecular weight is 399 g/mol. The Morgan fingerprint density at radius 3 is 2.60 bits per heavy atom. The van der Waals surface area contributed by atoms with E-state index >= 15 is 0 Å². The molecule has 5 rings (SSSR count). The Kier molecular flexibility index (Phi) is 5.44. The van der Waals surface area contributed by atoms with E-state index in [9.17, 15) is 0 Å². The van der Waals surface area contributed by atoms with Crippen LogP contribution in [-0.2, 0) is 12.8 Å². The van der Waals surface area contributed by atoms with Crippen LogP contribution in [0.4, 0.5) is 0 Å². The van der Waals surface area contributed by atoms with E-state index in [1.165, 1.54) is 5.56 Å². The Morgan fingerprint density at radius 1 is 0.933 bits per heavy atom. The molecule has 1 N–H and O–H groups in total. The van der Waals surface area contributed by atoms with E-state index in [1.54, 1.807) is 0 Å². The molecule has 1 aliphatic rings. The van der Waals surface area contributed by atoms with E-state index in [-0.39, 0.29) is 6.10 Å². The van der Waals surface area contributed by atoms with Gasteiger partial charge in [-0.2, -0.15) is 4.98 Å². The smallest absolute Gasteiger partial charge is 0.258 e. The van der Waals surface area contributed by atoms with Gasteiger partial charge in [-0.1, -0.05) is 59.8 Å². The molecule has 1 aromatic heterocycles. The van der Waals surface area contributed by atoms with Crippen LogP contribution in [0.25, 0.3) is 22.2 Å². The summed E-state index contributed by atoms with van der Waals surface area (Å²) in [5, 5.41) is 9.81. The van der Waals surface area contributed by atoms with Crippen molar-refractivity contribution in [1.82, 2.24) is 15.5 Å². The highest BCUT2D eigenvalue weighted by Gasteiger charge is 2.18. The van der Waals surface area contributed by atoms with Gasteiger partial charge in [0, 0.05) is 17.4 Å². The number of hydrogen-bond acceptors (Lipinski definition) is 5. The summed E-state index contributed by atoms with van der Waals surface area (Å²) in [6.07, 6.45) is 3.90. The van der Waals surface area contributed by atoms with E-state index in [4.69, 9.17) is 9.26 Å². The van der Waals surface area contributed by atoms with Gasteiger partial charge in [-0.25, -0.2) is 0 Å². The minimum atomic E-state index is 0.231. The molecular weight excluding hydrogens is 374 g/mol. The van der Waals surface area contributed by atoms with Crippen molar-refractivity contribution in [1.29, 1.82) is 0 Å². The number of nitrogens with one attached hydrogen (secondary N) is 1. The number of fused-ring (bicyclic) bond motifs is 1. The molecule has 1 aliphatic heterocycles. The predicted molar refractivity (Wildman–Crippen MR) is 118 cm³/mol. The van der Waals surface area contributed by atoms with Gasteiger partial charge < -0.3 is 14.6 Å². The fraction of sp³-hybridized carbons (Fsp3) is 0.280. The van der Waals surface area contributed by atoms with Crippen LogP contribution in [0.3, 0.4) is 0 Å². The van der Waals surface area contributed by atoms with Crippen LogP contribution >= 0.6 is 0 Å². The minimum absolute atomic E-state index is 0.231. The summed E-state index contributed by atoms with van der Waals surface area (Å²) in [6.45, 7) is 1.99. The first-order chi connectivity index (χ1) is 14.8. The quantitative estimate of drug-likeness (QED) is 0.504. The maximum absolute atomic E-state index is 6.41. The molecule has 0 amide bonds. The summed E-state index contributed by atoms with van der Waals surface area (Å²) in [5.41, 5.74) is 2.17. The number of benzene rings is 3. The second-order valence-electron chi connectivity index (χ2n) is 7.76. The fourth-order valence-corrected chi connectivity index (χ4v) is 3.96. The molecule has 0 unspecified atom stereocenters. The predicted octanol–water partition coefficient (Wildman–Crippen LogP) is 4.81. The lowest BCUT2D eigenvalue weighted by Crippen LogP contribution is -2.34. The Hall–Kier alpha value is -3.18. The number of nitrogens with zero attached hydrogens (tertiary/aromatic N) is 2. The summed E-state index contributed by atoms with van der Waals surface area (Å²) in [5.74, 6) is 2.15. The lowest BCUT2D eigenvalue weighted by molar-refractivity contribution is 0.164. The van der Waals surface area contributed by atoms with Gasteiger partial charge in [-0.3, -0.25) is 0 Å². The maximum atomic E-state index is 6.41. The molecule has 3 aromatic carbocycles. The number of piperidine rings is 1. The SMILES string of the molecule is c1ccc(CCc2noc(-c3cc(OC4CCNCC4)c4ccccc4c3)n2)cc1. The summed E-state index contributed by atoms with van der Waals surface area (Å²) < 4.78 is 12.0. The largest absolute Gasteiger partial charge is 0.490 e. The van der Waals surface area contributed by atoms with Gasteiger partial charge in [0.1, 0.15) is 11.9 Å². The lowest BCUT2D eigenvalue weighted by atomic mass is 10.0. The third kappa shape index (κ3) is 4.21. The third-order valence-electron chi connectivity index (χ3n) is 5.60. The maximum Gasteiger partial charge on any atom is 0.258 e. The molecule has 5 heteroatoms. The van der Waals surface area contributed by atoms with Gasteiger partial charge in [0.15, 0.2) is 5.82 Å². The van der Waals surface area contributed by atoms with Crippen molar-refractivity contribution >= 4 is 10.8 Å². The molecule has 0 atom stereocenters. The molecule has 1 saturated heterocycles. The van der Waals surface area contributed by atoms with Gasteiger partial charge in [0.25, 0.3) is 5.89 Å². The Balaban J connectivity index is 1.40. The number of rotatable bonds is 6. The van der Waals surface area contributed by atoms with Crippen LogP contribution in [0.2, 0.25) is 0 Å². The van der Waals surface area contributed by atoms with Crippen LogP contribution in [0.1, 0.15) is 24.2 Å². The zero-order chi connectivity index (χ0) is 20.2. The first-order valence-electron chi connectivity index (χ1n) is 10.6. The molecule has 0 saturated carbocycles. The molecule has 152 valence electrons. The van der Waals surface area contributed by atoms with Gasteiger partial charge in [0.2, 0.25) is 0 Å². The monoisotopic (exact) mass is 399 g/mol. The van der Waals surface area contributed by atoms with E-state index < -0.39 is 0 Å². The molecule has 0 spiro atoms. The second kappa shape index (κ2) is 8.67. The highest BCUT2D eigenvalue weighted by atomic mass is 16.5.